The molecule has 3 aliphatic rings. The third-order valence-electron chi connectivity index (χ3n) is 9.18. The number of fused-ring (bicyclic) bond motifs is 1. The Hall–Kier alpha value is -2.77. The lowest BCUT2D eigenvalue weighted by Crippen LogP contribution is -2.43. The Bertz CT molecular complexity index is 1230. The molecule has 1 N–H and O–H groups in total. The standard InChI is InChI=1S/C30H37FN4O2/c31-24-8-4-7-22(16-24)26-19-34(29(30(36)37)15-21-5-3-6-21)18-23(26)17-33-13-11-25(12-14-33)35-20-32-27-9-1-2-10-28(27)35/h1-2,4,7-10,16,20-21,23,25-26,29H,3,5-6,11-15,17-19H2,(H,36,37)/t23-,26+,29+/m0/s1. The van der Waals surface area contributed by atoms with E-state index in [9.17, 15) is 14.3 Å². The number of rotatable bonds is 8. The van der Waals surface area contributed by atoms with Crippen molar-refractivity contribution in [3.05, 3.63) is 66.2 Å². The van der Waals surface area contributed by atoms with Crippen molar-refractivity contribution >= 4 is 17.0 Å². The number of hydrogen-bond donors (Lipinski definition) is 1. The molecule has 37 heavy (non-hydrogen) atoms. The molecule has 3 atom stereocenters. The number of carboxylic acids is 1. The molecular weight excluding hydrogens is 467 g/mol. The zero-order chi connectivity index (χ0) is 25.4. The fraction of sp³-hybridized carbons (Fsp3) is 0.533. The Morgan fingerprint density at radius 2 is 1.86 bits per heavy atom. The number of carboxylic acid groups (broad SMARTS) is 1. The van der Waals surface area contributed by atoms with Gasteiger partial charge in [0, 0.05) is 44.7 Å². The van der Waals surface area contributed by atoms with E-state index in [4.69, 9.17) is 0 Å². The highest BCUT2D eigenvalue weighted by atomic mass is 19.1. The minimum atomic E-state index is -0.709. The number of piperidine rings is 1. The molecule has 2 aliphatic heterocycles. The summed E-state index contributed by atoms with van der Waals surface area (Å²) in [6.07, 6.45) is 8.37. The summed E-state index contributed by atoms with van der Waals surface area (Å²) in [5.74, 6) is 0.0437. The van der Waals surface area contributed by atoms with Crippen LogP contribution < -0.4 is 0 Å². The molecule has 3 fully saturated rings. The maximum atomic E-state index is 14.2. The van der Waals surface area contributed by atoms with Gasteiger partial charge in [-0.25, -0.2) is 9.37 Å². The van der Waals surface area contributed by atoms with Gasteiger partial charge in [0.25, 0.3) is 0 Å². The van der Waals surface area contributed by atoms with E-state index in [2.05, 4.69) is 37.5 Å². The fourth-order valence-corrected chi connectivity index (χ4v) is 6.89. The highest BCUT2D eigenvalue weighted by Gasteiger charge is 2.41. The van der Waals surface area contributed by atoms with Crippen molar-refractivity contribution in [1.82, 2.24) is 19.4 Å². The molecular formula is C30H37FN4O2. The molecule has 1 aromatic heterocycles. The van der Waals surface area contributed by atoms with Gasteiger partial charge in [-0.2, -0.15) is 0 Å². The molecule has 6 rings (SSSR count). The van der Waals surface area contributed by atoms with Crippen LogP contribution >= 0.6 is 0 Å². The predicted molar refractivity (Wildman–Crippen MR) is 142 cm³/mol. The van der Waals surface area contributed by atoms with E-state index in [0.29, 0.717) is 18.5 Å². The normalized spacial score (nSPS) is 24.9. The van der Waals surface area contributed by atoms with Crippen LogP contribution in [-0.2, 0) is 4.79 Å². The van der Waals surface area contributed by atoms with Crippen molar-refractivity contribution in [1.29, 1.82) is 0 Å². The average molecular weight is 505 g/mol. The maximum Gasteiger partial charge on any atom is 0.320 e. The van der Waals surface area contributed by atoms with Crippen LogP contribution in [0, 0.1) is 17.7 Å². The average Bonchev–Trinajstić information content (AvgIpc) is 3.48. The minimum absolute atomic E-state index is 0.147. The van der Waals surface area contributed by atoms with Crippen LogP contribution in [0.5, 0.6) is 0 Å². The summed E-state index contributed by atoms with van der Waals surface area (Å²) in [6.45, 7) is 4.39. The van der Waals surface area contributed by atoms with Gasteiger partial charge >= 0.3 is 5.97 Å². The molecule has 3 aromatic rings. The lowest BCUT2D eigenvalue weighted by molar-refractivity contribution is -0.144. The van der Waals surface area contributed by atoms with Crippen LogP contribution in [0.2, 0.25) is 0 Å². The summed E-state index contributed by atoms with van der Waals surface area (Å²) in [5.41, 5.74) is 3.24. The van der Waals surface area contributed by atoms with Crippen LogP contribution in [-0.4, -0.2) is 69.2 Å². The third-order valence-corrected chi connectivity index (χ3v) is 9.18. The fourth-order valence-electron chi connectivity index (χ4n) is 6.89. The Kier molecular flexibility index (Phi) is 7.00. The van der Waals surface area contributed by atoms with Gasteiger partial charge in [0.15, 0.2) is 0 Å². The molecule has 1 saturated carbocycles. The number of para-hydroxylation sites is 2. The van der Waals surface area contributed by atoms with Gasteiger partial charge in [-0.3, -0.25) is 9.69 Å². The number of aliphatic carboxylic acids is 1. The van der Waals surface area contributed by atoms with E-state index in [1.807, 2.05) is 18.5 Å². The second kappa shape index (κ2) is 10.5. The van der Waals surface area contributed by atoms with E-state index < -0.39 is 12.0 Å². The topological polar surface area (TPSA) is 61.6 Å². The van der Waals surface area contributed by atoms with Crippen molar-refractivity contribution in [3.63, 3.8) is 0 Å². The summed E-state index contributed by atoms with van der Waals surface area (Å²) in [5, 5.41) is 10.1. The van der Waals surface area contributed by atoms with Crippen molar-refractivity contribution in [2.45, 2.75) is 56.5 Å². The zero-order valence-corrected chi connectivity index (χ0v) is 21.4. The molecule has 0 bridgehead atoms. The number of imidazole rings is 1. The molecule has 2 aromatic carbocycles. The first-order valence-corrected chi connectivity index (χ1v) is 13.9. The van der Waals surface area contributed by atoms with E-state index in [0.717, 1.165) is 69.4 Å². The second-order valence-corrected chi connectivity index (χ2v) is 11.4. The van der Waals surface area contributed by atoms with Crippen molar-refractivity contribution in [2.24, 2.45) is 11.8 Å². The summed E-state index contributed by atoms with van der Waals surface area (Å²) >= 11 is 0. The molecule has 7 heteroatoms. The molecule has 2 saturated heterocycles. The van der Waals surface area contributed by atoms with Crippen LogP contribution in [0.1, 0.15) is 56.0 Å². The van der Waals surface area contributed by atoms with Crippen LogP contribution in [0.4, 0.5) is 4.39 Å². The molecule has 0 spiro atoms. The molecule has 6 nitrogen and oxygen atoms in total. The third kappa shape index (κ3) is 5.16. The molecule has 0 radical (unpaired) electrons. The van der Waals surface area contributed by atoms with Gasteiger partial charge in [-0.1, -0.05) is 43.5 Å². The Balaban J connectivity index is 1.15. The molecule has 196 valence electrons. The number of hydrogen-bond acceptors (Lipinski definition) is 4. The first-order valence-electron chi connectivity index (χ1n) is 13.9. The first kappa shape index (κ1) is 24.6. The van der Waals surface area contributed by atoms with Gasteiger partial charge in [0.2, 0.25) is 0 Å². The monoisotopic (exact) mass is 504 g/mol. The highest BCUT2D eigenvalue weighted by Crippen LogP contribution is 2.39. The van der Waals surface area contributed by atoms with E-state index in [1.54, 1.807) is 12.1 Å². The van der Waals surface area contributed by atoms with E-state index in [-0.39, 0.29) is 17.7 Å². The van der Waals surface area contributed by atoms with Gasteiger partial charge in [0.1, 0.15) is 11.9 Å². The van der Waals surface area contributed by atoms with Crippen molar-refractivity contribution in [2.75, 3.05) is 32.7 Å². The quantitative estimate of drug-likeness (QED) is 0.459. The minimum Gasteiger partial charge on any atom is -0.480 e. The van der Waals surface area contributed by atoms with Gasteiger partial charge in [-0.15, -0.1) is 0 Å². The molecule has 3 heterocycles. The summed E-state index contributed by atoms with van der Waals surface area (Å²) in [4.78, 5) is 21.6. The number of halogens is 1. The van der Waals surface area contributed by atoms with E-state index in [1.165, 1.54) is 18.0 Å². The lowest BCUT2D eigenvalue weighted by atomic mass is 9.80. The Morgan fingerprint density at radius 3 is 2.59 bits per heavy atom. The first-order chi connectivity index (χ1) is 18.0. The second-order valence-electron chi connectivity index (χ2n) is 11.4. The van der Waals surface area contributed by atoms with Gasteiger partial charge in [-0.05, 0) is 60.9 Å². The summed E-state index contributed by atoms with van der Waals surface area (Å²) in [6, 6.07) is 15.3. The number of benzene rings is 2. The summed E-state index contributed by atoms with van der Waals surface area (Å²) < 4.78 is 16.5. The smallest absolute Gasteiger partial charge is 0.320 e. The maximum absolute atomic E-state index is 14.2. The number of nitrogens with zero attached hydrogens (tertiary/aromatic N) is 4. The van der Waals surface area contributed by atoms with Crippen LogP contribution in [0.25, 0.3) is 11.0 Å². The van der Waals surface area contributed by atoms with Crippen molar-refractivity contribution < 1.29 is 14.3 Å². The molecule has 0 amide bonds. The Labute approximate surface area is 218 Å². The zero-order valence-electron chi connectivity index (χ0n) is 21.4. The van der Waals surface area contributed by atoms with E-state index >= 15 is 0 Å². The van der Waals surface area contributed by atoms with Gasteiger partial charge in [0.05, 0.1) is 17.4 Å². The van der Waals surface area contributed by atoms with Gasteiger partial charge < -0.3 is 14.6 Å². The Morgan fingerprint density at radius 1 is 1.05 bits per heavy atom. The lowest BCUT2D eigenvalue weighted by Gasteiger charge is -2.35. The summed E-state index contributed by atoms with van der Waals surface area (Å²) in [7, 11) is 0. The van der Waals surface area contributed by atoms with Crippen molar-refractivity contribution in [3.8, 4) is 0 Å². The highest BCUT2D eigenvalue weighted by molar-refractivity contribution is 5.75. The number of aromatic nitrogens is 2. The number of likely N-dealkylation sites (tertiary alicyclic amines) is 2. The predicted octanol–water partition coefficient (Wildman–Crippen LogP) is 5.17. The SMILES string of the molecule is O=C(O)[C@@H](CC1CCC1)N1C[C@H](CN2CCC(n3cnc4ccccc43)CC2)[C@@H](c2cccc(F)c2)C1. The molecule has 0 unspecified atom stereocenters. The largest absolute Gasteiger partial charge is 0.480 e. The number of carbonyl (C=O) groups is 1. The van der Waals surface area contributed by atoms with Crippen LogP contribution in [0.15, 0.2) is 54.9 Å². The molecule has 1 aliphatic carbocycles. The van der Waals surface area contributed by atoms with Crippen LogP contribution in [0.3, 0.4) is 0 Å².